The van der Waals surface area contributed by atoms with Crippen LogP contribution in [0.5, 0.6) is 5.75 Å². The Labute approximate surface area is 247 Å². The molecule has 0 saturated heterocycles. The summed E-state index contributed by atoms with van der Waals surface area (Å²) in [4.78, 5) is 40.7. The first-order valence-electron chi connectivity index (χ1n) is 14.9. The summed E-state index contributed by atoms with van der Waals surface area (Å²) in [7, 11) is 0. The fraction of sp³-hybridized carbons (Fsp3) is 0.514. The molecule has 4 aliphatic rings. The number of aliphatic hydroxyl groups is 3. The number of allylic oxidation sites excluding steroid dienone is 5. The number of rotatable bonds is 6. The topological polar surface area (TPSA) is 132 Å². The second-order valence-electron chi connectivity index (χ2n) is 14.1. The summed E-state index contributed by atoms with van der Waals surface area (Å²) in [6.45, 7) is 12.6. The van der Waals surface area contributed by atoms with Crippen molar-refractivity contribution >= 4 is 28.7 Å². The van der Waals surface area contributed by atoms with Crippen molar-refractivity contribution in [2.75, 3.05) is 0 Å². The molecule has 0 aliphatic heterocycles. The molecule has 1 unspecified atom stereocenters. The zero-order valence-electron chi connectivity index (χ0n) is 25.6. The molecule has 5 rings (SSSR count). The molecule has 1 saturated carbocycles. The van der Waals surface area contributed by atoms with Crippen LogP contribution in [0.2, 0.25) is 0 Å². The normalized spacial score (nSPS) is 30.9. The first kappa shape index (κ1) is 30.0. The molecule has 0 heterocycles. The van der Waals surface area contributed by atoms with Gasteiger partial charge in [0.15, 0.2) is 17.2 Å². The van der Waals surface area contributed by atoms with Gasteiger partial charge in [-0.05, 0) is 73.6 Å². The van der Waals surface area contributed by atoms with Crippen molar-refractivity contribution in [3.63, 3.8) is 0 Å². The van der Waals surface area contributed by atoms with Gasteiger partial charge in [-0.2, -0.15) is 0 Å². The summed E-state index contributed by atoms with van der Waals surface area (Å²) in [6.07, 6.45) is 7.38. The molecule has 4 N–H and O–H groups in total. The van der Waals surface area contributed by atoms with E-state index in [4.69, 9.17) is 0 Å². The molecule has 42 heavy (non-hydrogen) atoms. The van der Waals surface area contributed by atoms with Crippen molar-refractivity contribution in [1.82, 2.24) is 0 Å². The van der Waals surface area contributed by atoms with Crippen LogP contribution in [0.25, 0.3) is 11.3 Å². The zero-order valence-corrected chi connectivity index (χ0v) is 25.6. The number of aromatic hydroxyl groups is 1. The molecule has 1 fully saturated rings. The molecule has 0 bridgehead atoms. The smallest absolute Gasteiger partial charge is 0.203 e. The number of benzene rings is 1. The quantitative estimate of drug-likeness (QED) is 0.292. The fourth-order valence-electron chi connectivity index (χ4n) is 8.43. The fourth-order valence-corrected chi connectivity index (χ4v) is 8.43. The minimum atomic E-state index is -2.60. The van der Waals surface area contributed by atoms with Gasteiger partial charge in [-0.15, -0.1) is 0 Å². The molecule has 1 aromatic rings. The lowest BCUT2D eigenvalue weighted by molar-refractivity contribution is -0.178. The highest BCUT2D eigenvalue weighted by atomic mass is 16.3. The van der Waals surface area contributed by atoms with E-state index in [9.17, 15) is 34.8 Å². The standard InChI is InChI=1S/C35H42O7/c1-17(2)8-9-20-10-11-21(14-20)22-12-13-24(37)26-23(22)15-33(6)16-34(7)27(18(3)4)29(38)25(19(5)36)31(40)35(34,42)32(41)28(33)30(26)39/h10-13,17-18,27,37,39-40,42H,8-9,14-16H2,1-7H3/t27?,33-,34-,35+/m1/s1. The van der Waals surface area contributed by atoms with Crippen LogP contribution in [0.15, 0.2) is 46.8 Å². The van der Waals surface area contributed by atoms with Crippen LogP contribution in [0.1, 0.15) is 90.8 Å². The van der Waals surface area contributed by atoms with E-state index < -0.39 is 56.8 Å². The van der Waals surface area contributed by atoms with E-state index in [-0.39, 0.29) is 35.6 Å². The Hall–Kier alpha value is -3.45. The van der Waals surface area contributed by atoms with Gasteiger partial charge in [0.25, 0.3) is 0 Å². The van der Waals surface area contributed by atoms with E-state index in [1.54, 1.807) is 20.8 Å². The van der Waals surface area contributed by atoms with Crippen LogP contribution in [0, 0.1) is 28.6 Å². The first-order valence-corrected chi connectivity index (χ1v) is 14.9. The van der Waals surface area contributed by atoms with E-state index in [0.717, 1.165) is 37.3 Å². The Morgan fingerprint density at radius 3 is 2.31 bits per heavy atom. The summed E-state index contributed by atoms with van der Waals surface area (Å²) in [5, 5.41) is 46.2. The summed E-state index contributed by atoms with van der Waals surface area (Å²) < 4.78 is 0. The van der Waals surface area contributed by atoms with Crippen LogP contribution in [0.4, 0.5) is 0 Å². The highest BCUT2D eigenvalue weighted by Gasteiger charge is 2.72. The number of carbonyl (C=O) groups is 3. The second kappa shape index (κ2) is 9.80. The van der Waals surface area contributed by atoms with Crippen LogP contribution < -0.4 is 0 Å². The predicted octanol–water partition coefficient (Wildman–Crippen LogP) is 6.34. The summed E-state index contributed by atoms with van der Waals surface area (Å²) in [5.74, 6) is -4.56. The number of hydrogen-bond donors (Lipinski definition) is 4. The van der Waals surface area contributed by atoms with Crippen molar-refractivity contribution in [3.05, 3.63) is 63.5 Å². The maximum absolute atomic E-state index is 14.4. The highest BCUT2D eigenvalue weighted by Crippen LogP contribution is 2.65. The Morgan fingerprint density at radius 1 is 1.05 bits per heavy atom. The van der Waals surface area contributed by atoms with Gasteiger partial charge < -0.3 is 20.4 Å². The molecule has 224 valence electrons. The van der Waals surface area contributed by atoms with E-state index in [1.807, 2.05) is 13.0 Å². The minimum absolute atomic E-state index is 0.0803. The monoisotopic (exact) mass is 574 g/mol. The van der Waals surface area contributed by atoms with Crippen LogP contribution in [0.3, 0.4) is 0 Å². The predicted molar refractivity (Wildman–Crippen MR) is 161 cm³/mol. The maximum Gasteiger partial charge on any atom is 0.203 e. The SMILES string of the molecule is CC(=O)C1=C(O)[C@]2(O)C(=O)C3=C(O)c4c(O)ccc(C5=CC=C(CCC(C)C)C5)c4C[C@]3(C)C[C@]2(C)C(C(C)C)C1=O. The van der Waals surface area contributed by atoms with Crippen molar-refractivity contribution in [3.8, 4) is 5.75 Å². The maximum atomic E-state index is 14.4. The summed E-state index contributed by atoms with van der Waals surface area (Å²) in [5.41, 5.74) is -1.68. The summed E-state index contributed by atoms with van der Waals surface area (Å²) in [6, 6.07) is 3.35. The van der Waals surface area contributed by atoms with Crippen LogP contribution in [-0.4, -0.2) is 43.4 Å². The van der Waals surface area contributed by atoms with Gasteiger partial charge in [0.1, 0.15) is 22.8 Å². The number of Topliss-reactive ketones (excluding diaryl/α,β-unsaturated/α-hetero) is 3. The van der Waals surface area contributed by atoms with Gasteiger partial charge in [0, 0.05) is 22.3 Å². The van der Waals surface area contributed by atoms with Crippen molar-refractivity contribution < 1.29 is 34.8 Å². The Morgan fingerprint density at radius 2 is 1.71 bits per heavy atom. The molecule has 7 heteroatoms. The molecule has 4 atom stereocenters. The minimum Gasteiger partial charge on any atom is -0.508 e. The number of phenols is 1. The number of phenolic OH excluding ortho intramolecular Hbond substituents is 1. The molecule has 4 aliphatic carbocycles. The van der Waals surface area contributed by atoms with Crippen LogP contribution in [-0.2, 0) is 20.8 Å². The Kier molecular flexibility index (Phi) is 7.00. The molecule has 0 amide bonds. The van der Waals surface area contributed by atoms with Gasteiger partial charge in [-0.25, -0.2) is 0 Å². The van der Waals surface area contributed by atoms with Crippen LogP contribution >= 0.6 is 0 Å². The average molecular weight is 575 g/mol. The molecule has 0 radical (unpaired) electrons. The van der Waals surface area contributed by atoms with E-state index >= 15 is 0 Å². The average Bonchev–Trinajstić information content (AvgIpc) is 3.33. The Bertz CT molecular complexity index is 1550. The molecule has 0 spiro atoms. The number of hydrogen-bond acceptors (Lipinski definition) is 7. The van der Waals surface area contributed by atoms with E-state index in [1.165, 1.54) is 11.6 Å². The van der Waals surface area contributed by atoms with E-state index in [0.29, 0.717) is 11.5 Å². The lowest BCUT2D eigenvalue weighted by atomic mass is 9.43. The lowest BCUT2D eigenvalue weighted by Gasteiger charge is -2.59. The number of aliphatic hydroxyl groups excluding tert-OH is 2. The first-order chi connectivity index (χ1) is 19.5. The zero-order chi connectivity index (χ0) is 31.1. The van der Waals surface area contributed by atoms with Gasteiger partial charge in [0.2, 0.25) is 5.78 Å². The number of ketones is 3. The highest BCUT2D eigenvalue weighted by molar-refractivity contribution is 6.24. The third-order valence-corrected chi connectivity index (χ3v) is 10.2. The molecule has 1 aromatic carbocycles. The van der Waals surface area contributed by atoms with Gasteiger partial charge in [-0.3, -0.25) is 14.4 Å². The molecule has 7 nitrogen and oxygen atoms in total. The van der Waals surface area contributed by atoms with Crippen molar-refractivity contribution in [2.24, 2.45) is 28.6 Å². The molecule has 0 aromatic heterocycles. The number of carbonyl (C=O) groups excluding carboxylic acids is 3. The Balaban J connectivity index is 1.69. The third kappa shape index (κ3) is 3.99. The number of fused-ring (bicyclic) bond motifs is 3. The van der Waals surface area contributed by atoms with Gasteiger partial charge in [-0.1, -0.05) is 65.3 Å². The molecular weight excluding hydrogens is 532 g/mol. The van der Waals surface area contributed by atoms with Crippen molar-refractivity contribution in [2.45, 2.75) is 86.2 Å². The van der Waals surface area contributed by atoms with Gasteiger partial charge in [0.05, 0.1) is 5.56 Å². The summed E-state index contributed by atoms with van der Waals surface area (Å²) >= 11 is 0. The largest absolute Gasteiger partial charge is 0.508 e. The second-order valence-corrected chi connectivity index (χ2v) is 14.1. The van der Waals surface area contributed by atoms with Gasteiger partial charge >= 0.3 is 0 Å². The molecular formula is C35H42O7. The third-order valence-electron chi connectivity index (χ3n) is 10.2. The lowest BCUT2D eigenvalue weighted by Crippen LogP contribution is -2.69. The van der Waals surface area contributed by atoms with Crippen molar-refractivity contribution in [1.29, 1.82) is 0 Å². The van der Waals surface area contributed by atoms with E-state index in [2.05, 4.69) is 26.0 Å².